The van der Waals surface area contributed by atoms with Crippen LogP contribution in [-0.4, -0.2) is 51.6 Å². The molecule has 1 aromatic heterocycles. The fourth-order valence-electron chi connectivity index (χ4n) is 2.38. The third kappa shape index (κ3) is 2.95. The maximum atomic E-state index is 12.5. The number of aromatic nitrogens is 3. The van der Waals surface area contributed by atoms with E-state index in [0.29, 0.717) is 25.4 Å². The van der Waals surface area contributed by atoms with E-state index in [1.807, 2.05) is 30.3 Å². The van der Waals surface area contributed by atoms with Gasteiger partial charge in [0.2, 0.25) is 0 Å². The van der Waals surface area contributed by atoms with Crippen LogP contribution in [0, 0.1) is 0 Å². The number of hydrogen-bond donors (Lipinski definition) is 0. The highest BCUT2D eigenvalue weighted by atomic mass is 16.5. The van der Waals surface area contributed by atoms with Crippen molar-refractivity contribution < 1.29 is 9.53 Å². The summed E-state index contributed by atoms with van der Waals surface area (Å²) in [4.78, 5) is 14.2. The Kier molecular flexibility index (Phi) is 3.96. The molecule has 1 aliphatic rings. The standard InChI is InChI=1S/C15H18N4O2/c1-2-13-10-18(8-9-21-13)15(20)14-11-19(17-16-14)12-6-4-3-5-7-12/h3-7,11,13H,2,8-10H2,1H3. The first-order valence-electron chi connectivity index (χ1n) is 7.16. The summed E-state index contributed by atoms with van der Waals surface area (Å²) in [7, 11) is 0. The van der Waals surface area contributed by atoms with E-state index in [9.17, 15) is 4.79 Å². The number of para-hydroxylation sites is 1. The summed E-state index contributed by atoms with van der Waals surface area (Å²) in [5, 5.41) is 8.03. The van der Waals surface area contributed by atoms with E-state index in [4.69, 9.17) is 4.74 Å². The predicted octanol–water partition coefficient (Wildman–Crippen LogP) is 1.52. The fraction of sp³-hybridized carbons (Fsp3) is 0.400. The molecule has 21 heavy (non-hydrogen) atoms. The maximum Gasteiger partial charge on any atom is 0.276 e. The largest absolute Gasteiger partial charge is 0.375 e. The molecule has 0 saturated carbocycles. The Balaban J connectivity index is 1.75. The minimum absolute atomic E-state index is 0.0843. The summed E-state index contributed by atoms with van der Waals surface area (Å²) in [6.45, 7) is 3.86. The first kappa shape index (κ1) is 13.8. The summed E-state index contributed by atoms with van der Waals surface area (Å²) in [6.07, 6.45) is 2.70. The lowest BCUT2D eigenvalue weighted by Gasteiger charge is -2.31. The van der Waals surface area contributed by atoms with Crippen LogP contribution in [0.4, 0.5) is 0 Å². The van der Waals surface area contributed by atoms with Crippen molar-refractivity contribution in [3.8, 4) is 5.69 Å². The van der Waals surface area contributed by atoms with Crippen LogP contribution in [0.5, 0.6) is 0 Å². The van der Waals surface area contributed by atoms with E-state index in [2.05, 4.69) is 17.2 Å². The van der Waals surface area contributed by atoms with Gasteiger partial charge in [0.05, 0.1) is 24.6 Å². The summed E-state index contributed by atoms with van der Waals surface area (Å²) >= 11 is 0. The van der Waals surface area contributed by atoms with Crippen LogP contribution >= 0.6 is 0 Å². The molecule has 0 aliphatic carbocycles. The quantitative estimate of drug-likeness (QED) is 0.858. The lowest BCUT2D eigenvalue weighted by atomic mass is 10.2. The molecular formula is C15H18N4O2. The van der Waals surface area contributed by atoms with Crippen molar-refractivity contribution in [1.82, 2.24) is 19.9 Å². The molecule has 2 heterocycles. The van der Waals surface area contributed by atoms with E-state index in [-0.39, 0.29) is 12.0 Å². The van der Waals surface area contributed by atoms with Gasteiger partial charge in [0.25, 0.3) is 5.91 Å². The van der Waals surface area contributed by atoms with Gasteiger partial charge in [0.15, 0.2) is 5.69 Å². The van der Waals surface area contributed by atoms with Crippen LogP contribution < -0.4 is 0 Å². The number of rotatable bonds is 3. The van der Waals surface area contributed by atoms with Gasteiger partial charge in [-0.05, 0) is 18.6 Å². The molecule has 0 radical (unpaired) electrons. The summed E-state index contributed by atoms with van der Waals surface area (Å²) in [5.41, 5.74) is 1.26. The number of hydrogen-bond acceptors (Lipinski definition) is 4. The Bertz CT molecular complexity index is 611. The molecule has 110 valence electrons. The smallest absolute Gasteiger partial charge is 0.276 e. The van der Waals surface area contributed by atoms with Crippen LogP contribution in [0.25, 0.3) is 5.69 Å². The molecule has 2 aromatic rings. The Hall–Kier alpha value is -2.21. The Labute approximate surface area is 123 Å². The van der Waals surface area contributed by atoms with Gasteiger partial charge >= 0.3 is 0 Å². The maximum absolute atomic E-state index is 12.5. The second-order valence-corrected chi connectivity index (χ2v) is 5.04. The number of carbonyl (C=O) groups excluding carboxylic acids is 1. The van der Waals surface area contributed by atoms with Crippen LogP contribution in [0.2, 0.25) is 0 Å². The van der Waals surface area contributed by atoms with Crippen LogP contribution in [0.15, 0.2) is 36.5 Å². The number of morpholine rings is 1. The van der Waals surface area contributed by atoms with Crippen molar-refractivity contribution in [3.63, 3.8) is 0 Å². The molecule has 0 spiro atoms. The van der Waals surface area contributed by atoms with Gasteiger partial charge in [-0.3, -0.25) is 4.79 Å². The molecule has 1 unspecified atom stereocenters. The molecular weight excluding hydrogens is 268 g/mol. The molecule has 6 heteroatoms. The molecule has 6 nitrogen and oxygen atoms in total. The van der Waals surface area contributed by atoms with Crippen molar-refractivity contribution in [3.05, 3.63) is 42.2 Å². The molecule has 3 rings (SSSR count). The van der Waals surface area contributed by atoms with Gasteiger partial charge < -0.3 is 9.64 Å². The van der Waals surface area contributed by atoms with E-state index in [0.717, 1.165) is 12.1 Å². The first-order valence-corrected chi connectivity index (χ1v) is 7.16. The van der Waals surface area contributed by atoms with Gasteiger partial charge in [0.1, 0.15) is 0 Å². The minimum Gasteiger partial charge on any atom is -0.375 e. The van der Waals surface area contributed by atoms with Crippen molar-refractivity contribution in [2.45, 2.75) is 19.4 Å². The topological polar surface area (TPSA) is 60.2 Å². The van der Waals surface area contributed by atoms with Gasteiger partial charge in [0, 0.05) is 13.1 Å². The molecule has 1 fully saturated rings. The van der Waals surface area contributed by atoms with E-state index in [1.165, 1.54) is 0 Å². The van der Waals surface area contributed by atoms with Crippen molar-refractivity contribution in [1.29, 1.82) is 0 Å². The SMILES string of the molecule is CCC1CN(C(=O)c2cn(-c3ccccc3)nn2)CCO1. The van der Waals surface area contributed by atoms with Crippen LogP contribution in [0.1, 0.15) is 23.8 Å². The molecule has 1 atom stereocenters. The lowest BCUT2D eigenvalue weighted by molar-refractivity contribution is -0.0228. The lowest BCUT2D eigenvalue weighted by Crippen LogP contribution is -2.45. The van der Waals surface area contributed by atoms with E-state index < -0.39 is 0 Å². The summed E-state index contributed by atoms with van der Waals surface area (Å²) < 4.78 is 7.20. The molecule has 1 aliphatic heterocycles. The third-order valence-corrected chi connectivity index (χ3v) is 3.61. The highest BCUT2D eigenvalue weighted by Gasteiger charge is 2.25. The minimum atomic E-state index is -0.0843. The zero-order valence-electron chi connectivity index (χ0n) is 12.0. The average Bonchev–Trinajstić information content (AvgIpc) is 3.05. The van der Waals surface area contributed by atoms with Gasteiger partial charge in [-0.1, -0.05) is 30.3 Å². The monoisotopic (exact) mass is 286 g/mol. The van der Waals surface area contributed by atoms with Gasteiger partial charge in [-0.15, -0.1) is 5.10 Å². The van der Waals surface area contributed by atoms with E-state index in [1.54, 1.807) is 15.8 Å². The van der Waals surface area contributed by atoms with Crippen molar-refractivity contribution in [2.24, 2.45) is 0 Å². The molecule has 1 amide bonds. The predicted molar refractivity (Wildman–Crippen MR) is 77.3 cm³/mol. The highest BCUT2D eigenvalue weighted by Crippen LogP contribution is 2.12. The molecule has 1 saturated heterocycles. The number of benzene rings is 1. The van der Waals surface area contributed by atoms with Crippen LogP contribution in [0.3, 0.4) is 0 Å². The Morgan fingerprint density at radius 3 is 2.95 bits per heavy atom. The van der Waals surface area contributed by atoms with Gasteiger partial charge in [-0.25, -0.2) is 4.68 Å². The third-order valence-electron chi connectivity index (χ3n) is 3.61. The molecule has 0 bridgehead atoms. The average molecular weight is 286 g/mol. The molecule has 1 aromatic carbocycles. The fourth-order valence-corrected chi connectivity index (χ4v) is 2.38. The zero-order valence-corrected chi connectivity index (χ0v) is 12.0. The first-order chi connectivity index (χ1) is 10.3. The molecule has 0 N–H and O–H groups in total. The normalized spacial score (nSPS) is 18.7. The second-order valence-electron chi connectivity index (χ2n) is 5.04. The number of nitrogens with zero attached hydrogens (tertiary/aromatic N) is 4. The number of ether oxygens (including phenoxy) is 1. The summed E-state index contributed by atoms with van der Waals surface area (Å²) in [5.74, 6) is -0.0843. The van der Waals surface area contributed by atoms with Crippen molar-refractivity contribution in [2.75, 3.05) is 19.7 Å². The highest BCUT2D eigenvalue weighted by molar-refractivity contribution is 5.92. The Morgan fingerprint density at radius 2 is 2.19 bits per heavy atom. The number of amides is 1. The zero-order chi connectivity index (χ0) is 14.7. The van der Waals surface area contributed by atoms with Gasteiger partial charge in [-0.2, -0.15) is 0 Å². The number of carbonyl (C=O) groups is 1. The summed E-state index contributed by atoms with van der Waals surface area (Å²) in [6, 6.07) is 9.62. The second kappa shape index (κ2) is 6.05. The van der Waals surface area contributed by atoms with Crippen LogP contribution in [-0.2, 0) is 4.74 Å². The van der Waals surface area contributed by atoms with E-state index >= 15 is 0 Å². The Morgan fingerprint density at radius 1 is 1.38 bits per heavy atom. The van der Waals surface area contributed by atoms with Crippen molar-refractivity contribution >= 4 is 5.91 Å².